The van der Waals surface area contributed by atoms with Crippen LogP contribution in [0.15, 0.2) is 34.6 Å². The number of benzene rings is 1. The molecule has 0 aliphatic carbocycles. The molecule has 0 atom stereocenters. The Morgan fingerprint density at radius 3 is 2.52 bits per heavy atom. The number of fused-ring (bicyclic) bond motifs is 1. The summed E-state index contributed by atoms with van der Waals surface area (Å²) in [5.41, 5.74) is 12.0. The second-order valence-electron chi connectivity index (χ2n) is 4.47. The van der Waals surface area contributed by atoms with Crippen LogP contribution in [0.2, 0.25) is 5.02 Å². The number of nitrogens with two attached hydrogens (primary N) is 2. The van der Waals surface area contributed by atoms with Gasteiger partial charge in [-0.05, 0) is 25.1 Å². The summed E-state index contributed by atoms with van der Waals surface area (Å²) in [6.07, 6.45) is 2.59. The molecule has 9 heteroatoms. The molecule has 1 aromatic heterocycles. The summed E-state index contributed by atoms with van der Waals surface area (Å²) in [6.45, 7) is 1.68. The fourth-order valence-corrected chi connectivity index (χ4v) is 2.91. The first kappa shape index (κ1) is 15.3. The molecule has 21 heavy (non-hydrogen) atoms. The van der Waals surface area contributed by atoms with Gasteiger partial charge >= 0.3 is 0 Å². The van der Waals surface area contributed by atoms with Crippen LogP contribution < -0.4 is 11.5 Å². The van der Waals surface area contributed by atoms with Crippen LogP contribution in [0, 0.1) is 0 Å². The Hall–Kier alpha value is -2.06. The van der Waals surface area contributed by atoms with Gasteiger partial charge in [-0.15, -0.1) is 5.10 Å². The molecule has 2 aromatic rings. The third-order valence-electron chi connectivity index (χ3n) is 2.80. The van der Waals surface area contributed by atoms with E-state index in [0.717, 1.165) is 6.26 Å². The molecule has 0 amide bonds. The number of aromatic nitrogens is 1. The number of nitrogens with zero attached hydrogens (tertiary/aromatic N) is 3. The largest absolute Gasteiger partial charge is 0.369 e. The minimum Gasteiger partial charge on any atom is -0.369 e. The number of hydrogen-bond donors (Lipinski definition) is 2. The number of guanidine groups is 1. The van der Waals surface area contributed by atoms with Crippen LogP contribution in [0.3, 0.4) is 0 Å². The lowest BCUT2D eigenvalue weighted by atomic mass is 10.1. The van der Waals surface area contributed by atoms with Gasteiger partial charge in [0.25, 0.3) is 0 Å². The van der Waals surface area contributed by atoms with Crippen LogP contribution in [0.1, 0.15) is 12.5 Å². The maximum atomic E-state index is 11.9. The molecule has 0 saturated carbocycles. The minimum atomic E-state index is -3.45. The lowest BCUT2D eigenvalue weighted by Gasteiger charge is -2.01. The lowest BCUT2D eigenvalue weighted by Crippen LogP contribution is -2.22. The van der Waals surface area contributed by atoms with Gasteiger partial charge < -0.3 is 11.5 Å². The van der Waals surface area contributed by atoms with Gasteiger partial charge in [-0.2, -0.15) is 5.10 Å². The molecule has 4 N–H and O–H groups in total. The number of rotatable bonds is 3. The first-order valence-corrected chi connectivity index (χ1v) is 8.07. The van der Waals surface area contributed by atoms with E-state index in [2.05, 4.69) is 10.2 Å². The second kappa shape index (κ2) is 5.38. The average molecular weight is 328 g/mol. The van der Waals surface area contributed by atoms with Gasteiger partial charge in [0.05, 0.1) is 17.5 Å². The van der Waals surface area contributed by atoms with E-state index in [9.17, 15) is 8.42 Å². The Kier molecular flexibility index (Phi) is 3.93. The smallest absolute Gasteiger partial charge is 0.236 e. The maximum absolute atomic E-state index is 11.9. The highest BCUT2D eigenvalue weighted by molar-refractivity contribution is 7.89. The highest BCUT2D eigenvalue weighted by atomic mass is 35.5. The summed E-state index contributed by atoms with van der Waals surface area (Å²) in [5, 5.41) is 8.59. The van der Waals surface area contributed by atoms with Crippen molar-refractivity contribution in [2.75, 3.05) is 6.26 Å². The molecular weight excluding hydrogens is 314 g/mol. The Morgan fingerprint density at radius 2 is 1.95 bits per heavy atom. The zero-order valence-electron chi connectivity index (χ0n) is 11.4. The van der Waals surface area contributed by atoms with Crippen molar-refractivity contribution >= 4 is 44.2 Å². The molecule has 0 spiro atoms. The summed E-state index contributed by atoms with van der Waals surface area (Å²) >= 11 is 5.98. The van der Waals surface area contributed by atoms with Gasteiger partial charge in [0.1, 0.15) is 0 Å². The van der Waals surface area contributed by atoms with Crippen molar-refractivity contribution in [2.45, 2.75) is 6.92 Å². The highest BCUT2D eigenvalue weighted by Gasteiger charge is 2.16. The molecule has 1 aromatic carbocycles. The average Bonchev–Trinajstić information content (AvgIpc) is 2.74. The summed E-state index contributed by atoms with van der Waals surface area (Å²) in [5.74, 6) is -0.181. The summed E-state index contributed by atoms with van der Waals surface area (Å²) < 4.78 is 24.9. The van der Waals surface area contributed by atoms with Crippen molar-refractivity contribution < 1.29 is 8.42 Å². The van der Waals surface area contributed by atoms with Crippen LogP contribution >= 0.6 is 11.6 Å². The zero-order chi connectivity index (χ0) is 15.8. The van der Waals surface area contributed by atoms with E-state index in [1.54, 1.807) is 25.1 Å². The Balaban J connectivity index is 2.78. The van der Waals surface area contributed by atoms with Crippen molar-refractivity contribution in [1.29, 1.82) is 0 Å². The van der Waals surface area contributed by atoms with Crippen LogP contribution in [-0.2, 0) is 10.0 Å². The van der Waals surface area contributed by atoms with E-state index < -0.39 is 10.0 Å². The predicted octanol–water partition coefficient (Wildman–Crippen LogP) is 1.10. The lowest BCUT2D eigenvalue weighted by molar-refractivity contribution is 0.595. The Morgan fingerprint density at radius 1 is 1.29 bits per heavy atom. The molecule has 0 aliphatic heterocycles. The highest BCUT2D eigenvalue weighted by Crippen LogP contribution is 2.26. The van der Waals surface area contributed by atoms with E-state index in [4.69, 9.17) is 23.1 Å². The van der Waals surface area contributed by atoms with Crippen molar-refractivity contribution in [3.05, 3.63) is 35.0 Å². The number of hydrogen-bond acceptors (Lipinski definition) is 4. The summed E-state index contributed by atoms with van der Waals surface area (Å²) in [7, 11) is -3.45. The van der Waals surface area contributed by atoms with Crippen molar-refractivity contribution in [1.82, 2.24) is 3.97 Å². The molecule has 0 aliphatic rings. The fourth-order valence-electron chi connectivity index (χ4n) is 1.92. The molecule has 0 fully saturated rings. The first-order valence-electron chi connectivity index (χ1n) is 5.85. The van der Waals surface area contributed by atoms with Gasteiger partial charge in [0.2, 0.25) is 16.0 Å². The number of halogens is 1. The molecule has 7 nitrogen and oxygen atoms in total. The second-order valence-corrected chi connectivity index (χ2v) is 6.77. The topological polar surface area (TPSA) is 116 Å². The monoisotopic (exact) mass is 327 g/mol. The Labute approximate surface area is 126 Å². The molecule has 2 rings (SSSR count). The third-order valence-corrected chi connectivity index (χ3v) is 4.05. The van der Waals surface area contributed by atoms with Crippen LogP contribution in [0.25, 0.3) is 10.9 Å². The fraction of sp³-hybridized carbons (Fsp3) is 0.167. The normalized spacial score (nSPS) is 12.6. The van der Waals surface area contributed by atoms with Gasteiger partial charge in [-0.3, -0.25) is 0 Å². The van der Waals surface area contributed by atoms with E-state index in [-0.39, 0.29) is 5.96 Å². The van der Waals surface area contributed by atoms with Gasteiger partial charge in [-0.25, -0.2) is 12.4 Å². The maximum Gasteiger partial charge on any atom is 0.236 e. The molecule has 112 valence electrons. The van der Waals surface area contributed by atoms with Gasteiger partial charge in [-0.1, -0.05) is 11.6 Å². The molecule has 0 bridgehead atoms. The van der Waals surface area contributed by atoms with Crippen LogP contribution in [0.5, 0.6) is 0 Å². The standard InChI is InChI=1S/C12H14ClN5O2S/c1-7(16-17-12(14)15)10-6-18(21(2,19)20)11-4-3-8(13)5-9(10)11/h3-6H,1-2H3,(H4,14,15,17)/b16-7-. The summed E-state index contributed by atoms with van der Waals surface area (Å²) in [4.78, 5) is 0. The Bertz CT molecular complexity index is 863. The van der Waals surface area contributed by atoms with Crippen molar-refractivity contribution in [3.63, 3.8) is 0 Å². The van der Waals surface area contributed by atoms with Gasteiger partial charge in [0.15, 0.2) is 0 Å². The summed E-state index contributed by atoms with van der Waals surface area (Å²) in [6, 6.07) is 4.93. The SMILES string of the molecule is C/C(=N/N=C(N)N)c1cn(S(C)(=O)=O)c2ccc(Cl)cc12. The minimum absolute atomic E-state index is 0.181. The first-order chi connectivity index (χ1) is 9.70. The molecule has 0 unspecified atom stereocenters. The molecule has 1 heterocycles. The van der Waals surface area contributed by atoms with E-state index in [1.165, 1.54) is 10.2 Å². The van der Waals surface area contributed by atoms with E-state index in [1.807, 2.05) is 0 Å². The van der Waals surface area contributed by atoms with Gasteiger partial charge in [0, 0.05) is 22.2 Å². The van der Waals surface area contributed by atoms with Crippen LogP contribution in [-0.4, -0.2) is 30.3 Å². The van der Waals surface area contributed by atoms with E-state index in [0.29, 0.717) is 27.2 Å². The molecular formula is C12H14ClN5O2S. The van der Waals surface area contributed by atoms with Crippen molar-refractivity contribution in [2.24, 2.45) is 21.7 Å². The third kappa shape index (κ3) is 3.17. The molecule has 0 radical (unpaired) electrons. The zero-order valence-corrected chi connectivity index (χ0v) is 13.0. The van der Waals surface area contributed by atoms with Crippen molar-refractivity contribution in [3.8, 4) is 0 Å². The van der Waals surface area contributed by atoms with Crippen LogP contribution in [0.4, 0.5) is 0 Å². The van der Waals surface area contributed by atoms with E-state index >= 15 is 0 Å². The quantitative estimate of drug-likeness (QED) is 0.498. The molecule has 0 saturated heterocycles. The predicted molar refractivity (Wildman–Crippen MR) is 85.2 cm³/mol.